The predicted molar refractivity (Wildman–Crippen MR) is 91.3 cm³/mol. The summed E-state index contributed by atoms with van der Waals surface area (Å²) in [6.07, 6.45) is 0. The molecule has 0 saturated carbocycles. The molecule has 1 fully saturated rings. The number of hydrogen-bond acceptors (Lipinski definition) is 3. The minimum Gasteiger partial charge on any atom is -0.369 e. The minimum absolute atomic E-state index is 0.434. The first-order valence-electron chi connectivity index (χ1n) is 6.82. The Bertz CT molecular complexity index is 557. The summed E-state index contributed by atoms with van der Waals surface area (Å²) >= 11 is 2.41. The van der Waals surface area contributed by atoms with Gasteiger partial charge < -0.3 is 10.2 Å². The Morgan fingerprint density at radius 2 is 1.85 bits per heavy atom. The van der Waals surface area contributed by atoms with Gasteiger partial charge in [0.2, 0.25) is 0 Å². The third-order valence-corrected chi connectivity index (χ3v) is 5.62. The van der Waals surface area contributed by atoms with Crippen LogP contribution in [0.2, 0.25) is 0 Å². The topological polar surface area (TPSA) is 64.0 Å². The molecular formula is C14H20IN5. The molecule has 1 aromatic carbocycles. The summed E-state index contributed by atoms with van der Waals surface area (Å²) in [6, 6.07) is 0. The molecule has 1 N–H and O–H groups in total. The van der Waals surface area contributed by atoms with Crippen molar-refractivity contribution in [1.82, 2.24) is 5.32 Å². The van der Waals surface area contributed by atoms with Gasteiger partial charge in [0, 0.05) is 40.3 Å². The van der Waals surface area contributed by atoms with Gasteiger partial charge >= 0.3 is 0 Å². The van der Waals surface area contributed by atoms with Crippen LogP contribution in [0.15, 0.2) is 5.11 Å². The maximum Gasteiger partial charge on any atom is 0.0517 e. The van der Waals surface area contributed by atoms with E-state index in [1.807, 2.05) is 0 Å². The fraction of sp³-hybridized carbons (Fsp3) is 0.571. The van der Waals surface area contributed by atoms with Gasteiger partial charge in [0.15, 0.2) is 0 Å². The van der Waals surface area contributed by atoms with Crippen LogP contribution in [0.5, 0.6) is 0 Å². The largest absolute Gasteiger partial charge is 0.369 e. The summed E-state index contributed by atoms with van der Waals surface area (Å²) in [5.74, 6) is 0. The van der Waals surface area contributed by atoms with E-state index >= 15 is 0 Å². The lowest BCUT2D eigenvalue weighted by Gasteiger charge is -2.33. The molecule has 0 aromatic heterocycles. The van der Waals surface area contributed by atoms with Gasteiger partial charge in [-0.3, -0.25) is 0 Å². The van der Waals surface area contributed by atoms with E-state index in [2.05, 4.69) is 63.6 Å². The van der Waals surface area contributed by atoms with Crippen molar-refractivity contribution < 1.29 is 0 Å². The van der Waals surface area contributed by atoms with Crippen molar-refractivity contribution in [2.45, 2.75) is 27.3 Å². The lowest BCUT2D eigenvalue weighted by molar-refractivity contribution is 0.587. The molecule has 2 rings (SSSR count). The van der Waals surface area contributed by atoms with Gasteiger partial charge in [-0.1, -0.05) is 5.11 Å². The maximum atomic E-state index is 8.59. The van der Waals surface area contributed by atoms with Crippen molar-refractivity contribution >= 4 is 28.3 Å². The average molecular weight is 385 g/mol. The number of halogens is 1. The van der Waals surface area contributed by atoms with Crippen molar-refractivity contribution in [3.8, 4) is 0 Å². The van der Waals surface area contributed by atoms with Crippen LogP contribution < -0.4 is 10.2 Å². The number of nitrogens with zero attached hydrogens (tertiary/aromatic N) is 4. The quantitative estimate of drug-likeness (QED) is 0.375. The minimum atomic E-state index is 0.434. The fourth-order valence-electron chi connectivity index (χ4n) is 2.93. The van der Waals surface area contributed by atoms with Crippen LogP contribution in [-0.4, -0.2) is 26.2 Å². The molecule has 0 bridgehead atoms. The van der Waals surface area contributed by atoms with Crippen molar-refractivity contribution in [3.05, 3.63) is 36.3 Å². The van der Waals surface area contributed by atoms with Crippen molar-refractivity contribution in [2.75, 3.05) is 31.1 Å². The summed E-state index contributed by atoms with van der Waals surface area (Å²) in [4.78, 5) is 5.35. The highest BCUT2D eigenvalue weighted by molar-refractivity contribution is 14.1. The molecule has 1 heterocycles. The van der Waals surface area contributed by atoms with Gasteiger partial charge in [-0.05, 0) is 71.1 Å². The highest BCUT2D eigenvalue weighted by atomic mass is 127. The zero-order valence-electron chi connectivity index (χ0n) is 12.2. The summed E-state index contributed by atoms with van der Waals surface area (Å²) in [5, 5.41) is 7.16. The van der Waals surface area contributed by atoms with E-state index in [0.717, 1.165) is 26.2 Å². The molecule has 1 aliphatic rings. The Kier molecular flexibility index (Phi) is 5.12. The number of benzene rings is 1. The Hall–Kier alpha value is -0.980. The highest BCUT2D eigenvalue weighted by Crippen LogP contribution is 2.35. The molecule has 0 amide bonds. The Balaban J connectivity index is 2.54. The molecule has 0 spiro atoms. The first kappa shape index (κ1) is 15.4. The van der Waals surface area contributed by atoms with Crippen molar-refractivity contribution in [1.29, 1.82) is 0 Å². The normalized spacial score (nSPS) is 15.1. The van der Waals surface area contributed by atoms with E-state index in [1.54, 1.807) is 0 Å². The third-order valence-electron chi connectivity index (χ3n) is 4.00. The van der Waals surface area contributed by atoms with Gasteiger partial charge in [-0.25, -0.2) is 0 Å². The summed E-state index contributed by atoms with van der Waals surface area (Å²) < 4.78 is 1.28. The van der Waals surface area contributed by atoms with E-state index < -0.39 is 0 Å². The first-order chi connectivity index (χ1) is 9.57. The Labute approximate surface area is 133 Å². The summed E-state index contributed by atoms with van der Waals surface area (Å²) in [7, 11) is 0. The third kappa shape index (κ3) is 2.87. The smallest absolute Gasteiger partial charge is 0.0517 e. The fourth-order valence-corrected chi connectivity index (χ4v) is 3.51. The summed E-state index contributed by atoms with van der Waals surface area (Å²) in [6.45, 7) is 11.0. The van der Waals surface area contributed by atoms with Crippen molar-refractivity contribution in [2.24, 2.45) is 5.11 Å². The molecule has 0 unspecified atom stereocenters. The molecule has 1 aliphatic heterocycles. The van der Waals surface area contributed by atoms with Gasteiger partial charge in [0.25, 0.3) is 0 Å². The van der Waals surface area contributed by atoms with Crippen LogP contribution in [0.3, 0.4) is 0 Å². The zero-order chi connectivity index (χ0) is 14.7. The molecule has 5 nitrogen and oxygen atoms in total. The van der Waals surface area contributed by atoms with E-state index in [4.69, 9.17) is 5.53 Å². The average Bonchev–Trinajstić information content (AvgIpc) is 2.46. The molecular weight excluding hydrogens is 365 g/mol. The number of nitrogens with one attached hydrogen (secondary N) is 1. The molecule has 6 heteroatoms. The number of hydrogen-bond donors (Lipinski definition) is 1. The first-order valence-corrected chi connectivity index (χ1v) is 7.90. The lowest BCUT2D eigenvalue weighted by Crippen LogP contribution is -2.44. The van der Waals surface area contributed by atoms with E-state index in [9.17, 15) is 0 Å². The van der Waals surface area contributed by atoms with Crippen molar-refractivity contribution in [3.63, 3.8) is 0 Å². The number of rotatable bonds is 3. The Morgan fingerprint density at radius 3 is 2.45 bits per heavy atom. The number of azide groups is 1. The van der Waals surface area contributed by atoms with E-state index in [1.165, 1.54) is 31.5 Å². The van der Waals surface area contributed by atoms with Crippen LogP contribution in [-0.2, 0) is 6.54 Å². The van der Waals surface area contributed by atoms with Gasteiger partial charge in [-0.2, -0.15) is 0 Å². The van der Waals surface area contributed by atoms with Crippen LogP contribution in [0.1, 0.15) is 22.3 Å². The molecule has 0 aliphatic carbocycles. The molecule has 0 radical (unpaired) electrons. The SMILES string of the molecule is Cc1c(I)c(C)c(N2CCNCC2)c(C)c1CN=[N+]=[N-]. The number of anilines is 1. The highest BCUT2D eigenvalue weighted by Gasteiger charge is 2.20. The second-order valence-corrected chi connectivity index (χ2v) is 6.22. The van der Waals surface area contributed by atoms with Gasteiger partial charge in [0.05, 0.1) is 6.54 Å². The second-order valence-electron chi connectivity index (χ2n) is 5.14. The standard InChI is InChI=1S/C14H20IN5/c1-9-12(8-18-19-16)10(2)14(11(3)13(9)15)20-6-4-17-5-7-20/h17H,4-8H2,1-3H3. The lowest BCUT2D eigenvalue weighted by atomic mass is 9.96. The molecule has 0 atom stereocenters. The second kappa shape index (κ2) is 6.65. The maximum absolute atomic E-state index is 8.59. The Morgan fingerprint density at radius 1 is 1.20 bits per heavy atom. The van der Waals surface area contributed by atoms with E-state index in [0.29, 0.717) is 6.54 Å². The van der Waals surface area contributed by atoms with Crippen LogP contribution in [0.4, 0.5) is 5.69 Å². The van der Waals surface area contributed by atoms with Crippen LogP contribution >= 0.6 is 22.6 Å². The van der Waals surface area contributed by atoms with Gasteiger partial charge in [-0.15, -0.1) is 0 Å². The molecule has 1 saturated heterocycles. The van der Waals surface area contributed by atoms with E-state index in [-0.39, 0.29) is 0 Å². The van der Waals surface area contributed by atoms with Gasteiger partial charge in [0.1, 0.15) is 0 Å². The molecule has 1 aromatic rings. The van der Waals surface area contributed by atoms with Crippen LogP contribution in [0, 0.1) is 24.3 Å². The predicted octanol–water partition coefficient (Wildman–Crippen LogP) is 3.44. The van der Waals surface area contributed by atoms with Crippen LogP contribution in [0.25, 0.3) is 10.4 Å². The summed E-state index contributed by atoms with van der Waals surface area (Å²) in [5.41, 5.74) is 14.9. The zero-order valence-corrected chi connectivity index (χ0v) is 14.4. The number of piperazine rings is 1. The monoisotopic (exact) mass is 385 g/mol. The molecule has 108 valence electrons. The molecule has 20 heavy (non-hydrogen) atoms.